The van der Waals surface area contributed by atoms with Crippen molar-refractivity contribution in [2.75, 3.05) is 19.6 Å². The van der Waals surface area contributed by atoms with Gasteiger partial charge in [0.05, 0.1) is 28.5 Å². The number of amides is 1. The molecule has 4 rings (SSSR count). The number of rotatable bonds is 7. The number of nitrogens with zero attached hydrogens (tertiary/aromatic N) is 1. The zero-order valence-corrected chi connectivity index (χ0v) is 19.9. The van der Waals surface area contributed by atoms with Gasteiger partial charge in [0, 0.05) is 6.26 Å². The first-order chi connectivity index (χ1) is 15.3. The molecule has 2 fully saturated rings. The van der Waals surface area contributed by atoms with Crippen LogP contribution >= 0.6 is 11.6 Å². The molecule has 1 heterocycles. The average Bonchev–Trinajstić information content (AvgIpc) is 3.43. The Morgan fingerprint density at radius 2 is 1.88 bits per heavy atom. The van der Waals surface area contributed by atoms with E-state index in [0.717, 1.165) is 37.5 Å². The van der Waals surface area contributed by atoms with Crippen molar-refractivity contribution >= 4 is 27.3 Å². The zero-order valence-electron chi connectivity index (χ0n) is 18.4. The summed E-state index contributed by atoms with van der Waals surface area (Å²) in [5.41, 5.74) is 1.96. The Kier molecular flexibility index (Phi) is 7.23. The van der Waals surface area contributed by atoms with E-state index >= 15 is 0 Å². The van der Waals surface area contributed by atoms with Crippen LogP contribution in [0.4, 0.5) is 0 Å². The van der Waals surface area contributed by atoms with Gasteiger partial charge in [0.2, 0.25) is 5.91 Å². The smallest absolute Gasteiger partial charge is 0.232 e. The Bertz CT molecular complexity index is 1050. The molecule has 1 aliphatic carbocycles. The van der Waals surface area contributed by atoms with Crippen LogP contribution in [0.2, 0.25) is 5.02 Å². The van der Waals surface area contributed by atoms with E-state index in [1.807, 2.05) is 23.1 Å². The molecule has 7 heteroatoms. The summed E-state index contributed by atoms with van der Waals surface area (Å²) in [7, 11) is -3.42. The van der Waals surface area contributed by atoms with Crippen molar-refractivity contribution in [3.05, 3.63) is 64.7 Å². The topological polar surface area (TPSA) is 63.7 Å². The Morgan fingerprint density at radius 1 is 1.16 bits per heavy atom. The van der Waals surface area contributed by atoms with Crippen molar-refractivity contribution in [3.8, 4) is 0 Å². The van der Waals surface area contributed by atoms with Gasteiger partial charge in [-0.3, -0.25) is 4.79 Å². The molecular weight excluding hydrogens is 446 g/mol. The van der Waals surface area contributed by atoms with Gasteiger partial charge in [-0.2, -0.15) is 0 Å². The number of ether oxygens (including phenoxy) is 1. The molecule has 172 valence electrons. The first kappa shape index (κ1) is 23.3. The Balaban J connectivity index is 1.61. The highest BCUT2D eigenvalue weighted by Gasteiger charge is 2.36. The lowest BCUT2D eigenvalue weighted by Gasteiger charge is -2.29. The summed E-state index contributed by atoms with van der Waals surface area (Å²) < 4.78 is 29.7. The molecule has 0 bridgehead atoms. The number of hydrogen-bond donors (Lipinski definition) is 0. The summed E-state index contributed by atoms with van der Waals surface area (Å²) in [6, 6.07) is 15.1. The van der Waals surface area contributed by atoms with Gasteiger partial charge in [-0.1, -0.05) is 73.7 Å². The molecule has 0 radical (unpaired) electrons. The second kappa shape index (κ2) is 9.94. The standard InChI is InChI=1S/C25H30ClNO4S/c1-32(29,30)24-12-11-20(15-23(24)26)22(14-19-9-5-6-10-19)25(28)27-17-31-16-21(27)13-18-7-3-2-4-8-18/h2-4,7-8,11-12,15,19,21-22H,5-6,9-10,13-14,16-17H2,1H3/t21-,22+/m1/s1. The summed E-state index contributed by atoms with van der Waals surface area (Å²) in [5, 5.41) is 0.174. The van der Waals surface area contributed by atoms with E-state index in [1.165, 1.54) is 24.5 Å². The summed E-state index contributed by atoms with van der Waals surface area (Å²) in [6.45, 7) is 0.803. The van der Waals surface area contributed by atoms with E-state index in [1.54, 1.807) is 12.1 Å². The lowest BCUT2D eigenvalue weighted by molar-refractivity contribution is -0.135. The van der Waals surface area contributed by atoms with Crippen molar-refractivity contribution in [1.82, 2.24) is 4.90 Å². The minimum absolute atomic E-state index is 0.0123. The lowest BCUT2D eigenvalue weighted by atomic mass is 9.86. The second-order valence-electron chi connectivity index (χ2n) is 9.05. The summed E-state index contributed by atoms with van der Waals surface area (Å²) in [5.74, 6) is 0.177. The Hall–Kier alpha value is -1.89. The van der Waals surface area contributed by atoms with Crippen molar-refractivity contribution in [3.63, 3.8) is 0 Å². The zero-order chi connectivity index (χ0) is 22.7. The van der Waals surface area contributed by atoms with E-state index in [-0.39, 0.29) is 34.5 Å². The minimum Gasteiger partial charge on any atom is -0.359 e. The lowest BCUT2D eigenvalue weighted by Crippen LogP contribution is -2.41. The fourth-order valence-electron chi connectivity index (χ4n) is 4.97. The summed E-state index contributed by atoms with van der Waals surface area (Å²) in [4.78, 5) is 15.8. The van der Waals surface area contributed by atoms with Crippen LogP contribution in [-0.2, 0) is 25.8 Å². The van der Waals surface area contributed by atoms with Gasteiger partial charge in [0.15, 0.2) is 9.84 Å². The van der Waals surface area contributed by atoms with Crippen molar-refractivity contribution < 1.29 is 17.9 Å². The van der Waals surface area contributed by atoms with Crippen molar-refractivity contribution in [2.24, 2.45) is 5.92 Å². The molecule has 1 saturated heterocycles. The Labute approximate surface area is 195 Å². The molecular formula is C25H30ClNO4S. The van der Waals surface area contributed by atoms with Crippen LogP contribution in [0.3, 0.4) is 0 Å². The molecule has 0 aromatic heterocycles. The maximum absolute atomic E-state index is 13.8. The SMILES string of the molecule is CS(=O)(=O)c1ccc([C@H](CC2CCCC2)C(=O)N2COC[C@H]2Cc2ccccc2)cc1Cl. The number of hydrogen-bond acceptors (Lipinski definition) is 4. The van der Waals surface area contributed by atoms with Crippen molar-refractivity contribution in [1.29, 1.82) is 0 Å². The first-order valence-electron chi connectivity index (χ1n) is 11.2. The molecule has 0 spiro atoms. The molecule has 1 saturated carbocycles. The molecule has 32 heavy (non-hydrogen) atoms. The summed E-state index contributed by atoms with van der Waals surface area (Å²) >= 11 is 6.35. The maximum atomic E-state index is 13.8. The van der Waals surface area contributed by atoms with Crippen LogP contribution in [0.15, 0.2) is 53.4 Å². The largest absolute Gasteiger partial charge is 0.359 e. The van der Waals surface area contributed by atoms with Gasteiger partial charge in [-0.05, 0) is 42.0 Å². The molecule has 0 unspecified atom stereocenters. The number of benzene rings is 2. The van der Waals surface area contributed by atoms with Crippen LogP contribution in [0.5, 0.6) is 0 Å². The first-order valence-corrected chi connectivity index (χ1v) is 13.5. The molecule has 0 N–H and O–H groups in total. The van der Waals surface area contributed by atoms with Crippen LogP contribution in [-0.4, -0.2) is 44.9 Å². The third-order valence-corrected chi connectivity index (χ3v) is 8.26. The van der Waals surface area contributed by atoms with Gasteiger partial charge in [0.25, 0.3) is 0 Å². The number of carbonyl (C=O) groups excluding carboxylic acids is 1. The van der Waals surface area contributed by atoms with E-state index in [2.05, 4.69) is 12.1 Å². The highest BCUT2D eigenvalue weighted by molar-refractivity contribution is 7.90. The second-order valence-corrected chi connectivity index (χ2v) is 11.4. The monoisotopic (exact) mass is 475 g/mol. The van der Waals surface area contributed by atoms with Crippen LogP contribution in [0.1, 0.15) is 49.1 Å². The third kappa shape index (κ3) is 5.36. The van der Waals surface area contributed by atoms with Gasteiger partial charge in [0.1, 0.15) is 6.73 Å². The van der Waals surface area contributed by atoms with Crippen molar-refractivity contribution in [2.45, 2.75) is 55.4 Å². The summed E-state index contributed by atoms with van der Waals surface area (Å²) in [6.07, 6.45) is 7.29. The van der Waals surface area contributed by atoms with Gasteiger partial charge >= 0.3 is 0 Å². The molecule has 1 aliphatic heterocycles. The predicted octanol–water partition coefficient (Wildman–Crippen LogP) is 4.84. The third-order valence-electron chi connectivity index (χ3n) is 6.68. The van der Waals surface area contributed by atoms with E-state index in [9.17, 15) is 13.2 Å². The molecule has 2 atom stereocenters. The number of sulfone groups is 1. The fraction of sp³-hybridized carbons (Fsp3) is 0.480. The molecule has 2 aromatic carbocycles. The van der Waals surface area contributed by atoms with Gasteiger partial charge < -0.3 is 9.64 Å². The molecule has 2 aromatic rings. The number of halogens is 1. The normalized spacial score (nSPS) is 20.6. The molecule has 5 nitrogen and oxygen atoms in total. The van der Waals surface area contributed by atoms with Crippen LogP contribution in [0, 0.1) is 5.92 Å². The van der Waals surface area contributed by atoms with E-state index in [4.69, 9.17) is 16.3 Å². The molecule has 1 amide bonds. The molecule has 2 aliphatic rings. The number of carbonyl (C=O) groups is 1. The Morgan fingerprint density at radius 3 is 2.53 bits per heavy atom. The highest BCUT2D eigenvalue weighted by atomic mass is 35.5. The predicted molar refractivity (Wildman–Crippen MR) is 125 cm³/mol. The van der Waals surface area contributed by atoms with Crippen LogP contribution < -0.4 is 0 Å². The maximum Gasteiger partial charge on any atom is 0.232 e. The van der Waals surface area contributed by atoms with Gasteiger partial charge in [-0.25, -0.2) is 8.42 Å². The highest BCUT2D eigenvalue weighted by Crippen LogP contribution is 2.37. The minimum atomic E-state index is -3.42. The van der Waals surface area contributed by atoms with Gasteiger partial charge in [-0.15, -0.1) is 0 Å². The van der Waals surface area contributed by atoms with E-state index in [0.29, 0.717) is 12.5 Å². The quantitative estimate of drug-likeness (QED) is 0.575. The van der Waals surface area contributed by atoms with E-state index < -0.39 is 9.84 Å². The fourth-order valence-corrected chi connectivity index (χ4v) is 6.31. The average molecular weight is 476 g/mol. The van der Waals surface area contributed by atoms with Crippen LogP contribution in [0.25, 0.3) is 0 Å².